The van der Waals surface area contributed by atoms with Gasteiger partial charge in [0.2, 0.25) is 0 Å². The maximum Gasteiger partial charge on any atom is 0.0729 e. The van der Waals surface area contributed by atoms with Gasteiger partial charge < -0.3 is 8.97 Å². The molecular weight excluding hydrogens is 669 g/mol. The standard InChI is InChI=1S/C51H42N4/c1-2-8-34(9-3-1)54-38-11-5-7-27-6-4-10-35(41(27)38)36-20-37-44-39(23-53-48-31-18-33-19-32-17-30(43(44)48)21-51(32,33)22-31)55-40-24-52-47-29-15-25-12-26(16-29)14-28(13-25)42(47)45(40)46(49(36)54)50(37)55/h1-11,20,23-26,28-33H,12-19,21-22H2. The number of pyridine rings is 3. The Morgan fingerprint density at radius 1 is 0.509 bits per heavy atom. The highest BCUT2D eigenvalue weighted by Gasteiger charge is 2.66. The van der Waals surface area contributed by atoms with Gasteiger partial charge in [-0.1, -0.05) is 48.5 Å². The Kier molecular flexibility index (Phi) is 4.75. The van der Waals surface area contributed by atoms with Crippen molar-refractivity contribution in [2.45, 2.75) is 87.9 Å². The van der Waals surface area contributed by atoms with Crippen molar-refractivity contribution < 1.29 is 0 Å². The van der Waals surface area contributed by atoms with Crippen LogP contribution in [-0.4, -0.2) is 18.9 Å². The van der Waals surface area contributed by atoms with Gasteiger partial charge in [0.15, 0.2) is 0 Å². The molecule has 17 rings (SSSR count). The molecule has 0 N–H and O–H groups in total. The summed E-state index contributed by atoms with van der Waals surface area (Å²) in [5.74, 6) is 6.01. The van der Waals surface area contributed by atoms with Gasteiger partial charge >= 0.3 is 0 Å². The van der Waals surface area contributed by atoms with Gasteiger partial charge in [-0.2, -0.15) is 0 Å². The quantitative estimate of drug-likeness (QED) is 0.126. The van der Waals surface area contributed by atoms with Gasteiger partial charge in [0.1, 0.15) is 0 Å². The van der Waals surface area contributed by atoms with E-state index in [1.165, 1.54) is 152 Å². The van der Waals surface area contributed by atoms with Crippen LogP contribution in [0.2, 0.25) is 0 Å². The van der Waals surface area contributed by atoms with Crippen molar-refractivity contribution in [2.75, 3.05) is 0 Å². The largest absolute Gasteiger partial charge is 0.309 e. The predicted octanol–water partition coefficient (Wildman–Crippen LogP) is 12.7. The molecule has 7 atom stereocenters. The molecule has 266 valence electrons. The summed E-state index contributed by atoms with van der Waals surface area (Å²) in [7, 11) is 0. The number of rotatable bonds is 1. The van der Waals surface area contributed by atoms with Crippen molar-refractivity contribution in [2.24, 2.45) is 29.1 Å². The molecule has 0 radical (unpaired) electrons. The highest BCUT2D eigenvalue weighted by molar-refractivity contribution is 6.36. The fraction of sp³-hybridized carbons (Fsp3) is 0.373. The molecule has 7 bridgehead atoms. The molecule has 8 aliphatic carbocycles. The Bertz CT molecular complexity index is 3220. The zero-order valence-corrected chi connectivity index (χ0v) is 31.1. The van der Waals surface area contributed by atoms with E-state index in [1.54, 1.807) is 11.1 Å². The summed E-state index contributed by atoms with van der Waals surface area (Å²) in [4.78, 5) is 11.2. The van der Waals surface area contributed by atoms with Gasteiger partial charge in [-0.25, -0.2) is 0 Å². The Morgan fingerprint density at radius 3 is 2.05 bits per heavy atom. The lowest BCUT2D eigenvalue weighted by Crippen LogP contribution is -2.41. The first kappa shape index (κ1) is 28.4. The van der Waals surface area contributed by atoms with Crippen LogP contribution in [0.15, 0.2) is 85.2 Å². The second-order valence-electron chi connectivity index (χ2n) is 19.8. The molecule has 5 heterocycles. The maximum absolute atomic E-state index is 5.60. The van der Waals surface area contributed by atoms with Crippen LogP contribution in [0, 0.1) is 29.1 Å². The Balaban J connectivity index is 1.18. The van der Waals surface area contributed by atoms with E-state index in [-0.39, 0.29) is 0 Å². The number of benzene rings is 4. The van der Waals surface area contributed by atoms with E-state index in [4.69, 9.17) is 9.97 Å². The zero-order valence-electron chi connectivity index (χ0n) is 31.1. The first-order chi connectivity index (χ1) is 27.2. The number of aromatic nitrogens is 4. The van der Waals surface area contributed by atoms with E-state index in [2.05, 4.69) is 94.2 Å². The van der Waals surface area contributed by atoms with E-state index >= 15 is 0 Å². The van der Waals surface area contributed by atoms with E-state index < -0.39 is 0 Å². The van der Waals surface area contributed by atoms with Crippen LogP contribution in [0.5, 0.6) is 0 Å². The molecule has 4 heteroatoms. The van der Waals surface area contributed by atoms with Crippen LogP contribution in [0.25, 0.3) is 76.4 Å². The first-order valence-electron chi connectivity index (χ1n) is 21.6. The van der Waals surface area contributed by atoms with Crippen molar-refractivity contribution in [1.29, 1.82) is 0 Å². The molecule has 0 amide bonds. The third-order valence-corrected chi connectivity index (χ3v) is 17.7. The summed E-state index contributed by atoms with van der Waals surface area (Å²) >= 11 is 0. The molecular formula is C51H42N4. The van der Waals surface area contributed by atoms with Crippen molar-refractivity contribution in [1.82, 2.24) is 18.9 Å². The van der Waals surface area contributed by atoms with E-state index in [0.717, 1.165) is 23.7 Å². The zero-order chi connectivity index (χ0) is 35.1. The summed E-state index contributed by atoms with van der Waals surface area (Å²) in [6.07, 6.45) is 18.4. The summed E-state index contributed by atoms with van der Waals surface area (Å²) < 4.78 is 5.33. The lowest BCUT2D eigenvalue weighted by atomic mass is 9.56. The second-order valence-corrected chi connectivity index (χ2v) is 19.8. The Hall–Kier alpha value is -4.96. The minimum atomic E-state index is 0.589. The highest BCUT2D eigenvalue weighted by atomic mass is 15.0. The van der Waals surface area contributed by atoms with E-state index in [9.17, 15) is 0 Å². The normalized spacial score (nSPS) is 32.4. The first-order valence-corrected chi connectivity index (χ1v) is 21.6. The molecule has 55 heavy (non-hydrogen) atoms. The van der Waals surface area contributed by atoms with Crippen LogP contribution in [0.4, 0.5) is 0 Å². The number of fused-ring (bicyclic) bond motifs is 15. The number of nitrogens with zero attached hydrogens (tertiary/aromatic N) is 4. The SMILES string of the molecule is c1ccc(-n2c3cccc4cccc(c5cc6c7c8c(ncc7n7c9cnc%10c(c9c(c52)c67)C2CC5CC(CC%10C5)C2)C2CC5CC6CC8CC56C2)c43)cc1. The lowest BCUT2D eigenvalue weighted by molar-refractivity contribution is 0.00321. The van der Waals surface area contributed by atoms with Crippen LogP contribution in [-0.2, 0) is 0 Å². The molecule has 5 aromatic heterocycles. The molecule has 5 saturated carbocycles. The predicted molar refractivity (Wildman–Crippen MR) is 222 cm³/mol. The van der Waals surface area contributed by atoms with Gasteiger partial charge in [0.05, 0.1) is 40.0 Å². The van der Waals surface area contributed by atoms with Crippen LogP contribution in [0.1, 0.15) is 110 Å². The summed E-state index contributed by atoms with van der Waals surface area (Å²) in [5.41, 5.74) is 14.7. The molecule has 8 aliphatic rings. The van der Waals surface area contributed by atoms with Gasteiger partial charge in [-0.15, -0.1) is 0 Å². The van der Waals surface area contributed by atoms with Crippen molar-refractivity contribution in [3.05, 3.63) is 108 Å². The fourth-order valence-corrected chi connectivity index (χ4v) is 16.2. The molecule has 1 spiro atoms. The van der Waals surface area contributed by atoms with E-state index in [1.807, 2.05) is 0 Å². The second kappa shape index (κ2) is 9.18. The topological polar surface area (TPSA) is 35.1 Å². The third-order valence-electron chi connectivity index (χ3n) is 17.7. The minimum Gasteiger partial charge on any atom is -0.309 e. The summed E-state index contributed by atoms with van der Waals surface area (Å²) in [5, 5.41) is 11.4. The van der Waals surface area contributed by atoms with Gasteiger partial charge in [0.25, 0.3) is 0 Å². The van der Waals surface area contributed by atoms with Crippen molar-refractivity contribution in [3.8, 4) is 5.69 Å². The highest BCUT2D eigenvalue weighted by Crippen LogP contribution is 2.76. The smallest absolute Gasteiger partial charge is 0.0729 e. The van der Waals surface area contributed by atoms with Gasteiger partial charge in [0, 0.05) is 61.2 Å². The summed E-state index contributed by atoms with van der Waals surface area (Å²) in [6.45, 7) is 0. The molecule has 4 aromatic carbocycles. The van der Waals surface area contributed by atoms with Crippen molar-refractivity contribution >= 4 is 70.7 Å². The number of para-hydroxylation sites is 1. The minimum absolute atomic E-state index is 0.589. The average Bonchev–Trinajstić information content (AvgIpc) is 3.85. The average molecular weight is 711 g/mol. The lowest BCUT2D eigenvalue weighted by Gasteiger charge is -2.48. The molecule has 7 unspecified atom stereocenters. The Morgan fingerprint density at radius 2 is 1.22 bits per heavy atom. The molecule has 4 nitrogen and oxygen atoms in total. The van der Waals surface area contributed by atoms with Crippen molar-refractivity contribution in [3.63, 3.8) is 0 Å². The van der Waals surface area contributed by atoms with Crippen LogP contribution < -0.4 is 0 Å². The van der Waals surface area contributed by atoms with Gasteiger partial charge in [-0.05, 0) is 151 Å². The molecule has 5 fully saturated rings. The number of hydrogen-bond donors (Lipinski definition) is 0. The van der Waals surface area contributed by atoms with Crippen LogP contribution >= 0.6 is 0 Å². The summed E-state index contributed by atoms with van der Waals surface area (Å²) in [6, 6.07) is 27.9. The fourth-order valence-electron chi connectivity index (χ4n) is 16.2. The molecule has 0 saturated heterocycles. The number of hydrogen-bond acceptors (Lipinski definition) is 2. The Labute approximate surface area is 318 Å². The van der Waals surface area contributed by atoms with E-state index in [0.29, 0.717) is 29.1 Å². The molecule has 0 aliphatic heterocycles. The van der Waals surface area contributed by atoms with Gasteiger partial charge in [-0.3, -0.25) is 9.97 Å². The third kappa shape index (κ3) is 3.10. The maximum atomic E-state index is 5.60. The van der Waals surface area contributed by atoms with Crippen LogP contribution in [0.3, 0.4) is 0 Å². The monoisotopic (exact) mass is 710 g/mol. The molecule has 9 aromatic rings.